The minimum Gasteiger partial charge on any atom is -0.395 e. The molecule has 1 aliphatic heterocycles. The van der Waals surface area contributed by atoms with Gasteiger partial charge in [-0.15, -0.1) is 0 Å². The number of carbonyl (C=O) groups excluding carboxylic acids is 1. The molecule has 1 heterocycles. The number of hydrogen-bond acceptors (Lipinski definition) is 3. The van der Waals surface area contributed by atoms with Crippen molar-refractivity contribution in [3.63, 3.8) is 0 Å². The monoisotopic (exact) mass is 326 g/mol. The maximum absolute atomic E-state index is 11.9. The average Bonchev–Trinajstić information content (AvgIpc) is 2.83. The van der Waals surface area contributed by atoms with E-state index in [0.29, 0.717) is 13.0 Å². The number of nitrogens with one attached hydrogen (secondary N) is 1. The fourth-order valence-corrected chi connectivity index (χ4v) is 2.83. The van der Waals surface area contributed by atoms with Gasteiger partial charge in [0.05, 0.1) is 6.61 Å². The van der Waals surface area contributed by atoms with Gasteiger partial charge in [-0.3, -0.25) is 9.69 Å². The van der Waals surface area contributed by atoms with Gasteiger partial charge < -0.3 is 10.4 Å². The molecule has 1 atom stereocenters. The highest BCUT2D eigenvalue weighted by molar-refractivity contribution is 9.10. The van der Waals surface area contributed by atoms with Gasteiger partial charge in [0.2, 0.25) is 5.91 Å². The highest BCUT2D eigenvalue weighted by Gasteiger charge is 2.23. The van der Waals surface area contributed by atoms with Crippen LogP contribution in [0.5, 0.6) is 0 Å². The molecule has 19 heavy (non-hydrogen) atoms. The summed E-state index contributed by atoms with van der Waals surface area (Å²) in [5.41, 5.74) is 0.805. The van der Waals surface area contributed by atoms with Crippen LogP contribution < -0.4 is 5.32 Å². The summed E-state index contributed by atoms with van der Waals surface area (Å²) in [7, 11) is 0. The van der Waals surface area contributed by atoms with Gasteiger partial charge in [0.25, 0.3) is 0 Å². The van der Waals surface area contributed by atoms with Crippen LogP contribution in [0.2, 0.25) is 0 Å². The Morgan fingerprint density at radius 2 is 2.37 bits per heavy atom. The smallest absolute Gasteiger partial charge is 0.225 e. The van der Waals surface area contributed by atoms with Crippen LogP contribution in [0.3, 0.4) is 0 Å². The fraction of sp³-hybridized carbons (Fsp3) is 0.500. The molecular formula is C14H19BrN2O2. The van der Waals surface area contributed by atoms with E-state index in [1.807, 2.05) is 24.3 Å². The molecule has 0 aromatic heterocycles. The van der Waals surface area contributed by atoms with Gasteiger partial charge in [-0.2, -0.15) is 0 Å². The zero-order chi connectivity index (χ0) is 13.7. The first-order valence-corrected chi connectivity index (χ1v) is 7.38. The van der Waals surface area contributed by atoms with E-state index in [2.05, 4.69) is 26.1 Å². The zero-order valence-electron chi connectivity index (χ0n) is 10.8. The van der Waals surface area contributed by atoms with E-state index < -0.39 is 0 Å². The normalized spacial score (nSPS) is 19.6. The van der Waals surface area contributed by atoms with Gasteiger partial charge in [0.1, 0.15) is 0 Å². The third-order valence-electron chi connectivity index (χ3n) is 3.44. The lowest BCUT2D eigenvalue weighted by Gasteiger charge is -2.22. The quantitative estimate of drug-likeness (QED) is 0.872. The summed E-state index contributed by atoms with van der Waals surface area (Å²) in [6.07, 6.45) is 2.60. The van der Waals surface area contributed by atoms with E-state index in [1.165, 1.54) is 0 Å². The fourth-order valence-electron chi connectivity index (χ4n) is 2.43. The molecule has 0 saturated carbocycles. The van der Waals surface area contributed by atoms with Crippen molar-refractivity contribution < 1.29 is 9.90 Å². The first-order chi connectivity index (χ1) is 9.19. The van der Waals surface area contributed by atoms with Crippen molar-refractivity contribution in [3.8, 4) is 0 Å². The predicted molar refractivity (Wildman–Crippen MR) is 79.1 cm³/mol. The number of carbonyl (C=O) groups is 1. The molecule has 1 aromatic carbocycles. The van der Waals surface area contributed by atoms with Crippen molar-refractivity contribution in [3.05, 3.63) is 28.7 Å². The van der Waals surface area contributed by atoms with Gasteiger partial charge in [-0.1, -0.05) is 22.0 Å². The second-order valence-corrected chi connectivity index (χ2v) is 5.74. The van der Waals surface area contributed by atoms with Crippen molar-refractivity contribution in [2.45, 2.75) is 25.3 Å². The van der Waals surface area contributed by atoms with Crippen molar-refractivity contribution in [2.24, 2.45) is 0 Å². The molecule has 0 aliphatic carbocycles. The highest BCUT2D eigenvalue weighted by Crippen LogP contribution is 2.18. The molecule has 1 aromatic rings. The van der Waals surface area contributed by atoms with Crippen molar-refractivity contribution in [2.75, 3.05) is 25.0 Å². The summed E-state index contributed by atoms with van der Waals surface area (Å²) < 4.78 is 0.949. The summed E-state index contributed by atoms with van der Waals surface area (Å²) in [5.74, 6) is 0.0155. The topological polar surface area (TPSA) is 52.6 Å². The molecule has 104 valence electrons. The number of halogens is 1. The summed E-state index contributed by atoms with van der Waals surface area (Å²) in [6, 6.07) is 7.80. The van der Waals surface area contributed by atoms with Gasteiger partial charge in [-0.05, 0) is 37.6 Å². The molecule has 1 saturated heterocycles. The van der Waals surface area contributed by atoms with Gasteiger partial charge in [0.15, 0.2) is 0 Å². The van der Waals surface area contributed by atoms with E-state index in [0.717, 1.165) is 29.5 Å². The SMILES string of the molecule is O=C(CCN1CCC[C@H]1CO)Nc1cccc(Br)c1. The largest absolute Gasteiger partial charge is 0.395 e. The van der Waals surface area contributed by atoms with Crippen LogP contribution in [0.25, 0.3) is 0 Å². The second-order valence-electron chi connectivity index (χ2n) is 4.82. The molecule has 1 amide bonds. The number of rotatable bonds is 5. The Morgan fingerprint density at radius 3 is 3.11 bits per heavy atom. The summed E-state index contributed by atoms with van der Waals surface area (Å²) in [6.45, 7) is 1.88. The molecule has 0 unspecified atom stereocenters. The van der Waals surface area contributed by atoms with E-state index >= 15 is 0 Å². The lowest BCUT2D eigenvalue weighted by atomic mass is 10.2. The number of amides is 1. The van der Waals surface area contributed by atoms with E-state index in [9.17, 15) is 9.90 Å². The minimum atomic E-state index is 0.0155. The number of benzene rings is 1. The van der Waals surface area contributed by atoms with Gasteiger partial charge >= 0.3 is 0 Å². The molecule has 5 heteroatoms. The lowest BCUT2D eigenvalue weighted by molar-refractivity contribution is -0.116. The molecule has 2 N–H and O–H groups in total. The Balaban J connectivity index is 1.78. The number of aliphatic hydroxyl groups is 1. The number of anilines is 1. The molecule has 0 radical (unpaired) electrons. The average molecular weight is 327 g/mol. The minimum absolute atomic E-state index is 0.0155. The Kier molecular flexibility index (Phi) is 5.36. The second kappa shape index (κ2) is 7.03. The molecule has 4 nitrogen and oxygen atoms in total. The third kappa shape index (κ3) is 4.30. The molecule has 0 spiro atoms. The molecule has 0 bridgehead atoms. The molecule has 1 aliphatic rings. The third-order valence-corrected chi connectivity index (χ3v) is 3.94. The Bertz CT molecular complexity index is 439. The predicted octanol–water partition coefficient (Wildman–Crippen LogP) is 2.23. The molecular weight excluding hydrogens is 308 g/mol. The number of likely N-dealkylation sites (tertiary alicyclic amines) is 1. The Hall–Kier alpha value is -0.910. The number of aliphatic hydroxyl groups excluding tert-OH is 1. The van der Waals surface area contributed by atoms with E-state index in [-0.39, 0.29) is 18.6 Å². The van der Waals surface area contributed by atoms with Crippen molar-refractivity contribution >= 4 is 27.5 Å². The van der Waals surface area contributed by atoms with Crippen molar-refractivity contribution in [1.29, 1.82) is 0 Å². The van der Waals surface area contributed by atoms with Crippen LogP contribution in [0.1, 0.15) is 19.3 Å². The van der Waals surface area contributed by atoms with Gasteiger partial charge in [0, 0.05) is 29.2 Å². The molecule has 1 fully saturated rings. The zero-order valence-corrected chi connectivity index (χ0v) is 12.4. The van der Waals surface area contributed by atoms with E-state index in [4.69, 9.17) is 0 Å². The van der Waals surface area contributed by atoms with Gasteiger partial charge in [-0.25, -0.2) is 0 Å². The summed E-state index contributed by atoms with van der Waals surface area (Å²) in [5, 5.41) is 12.1. The van der Waals surface area contributed by atoms with Crippen LogP contribution >= 0.6 is 15.9 Å². The molecule has 2 rings (SSSR count). The highest BCUT2D eigenvalue weighted by atomic mass is 79.9. The number of nitrogens with zero attached hydrogens (tertiary/aromatic N) is 1. The van der Waals surface area contributed by atoms with Crippen LogP contribution in [0.4, 0.5) is 5.69 Å². The Labute approximate surface area is 121 Å². The van der Waals surface area contributed by atoms with Crippen molar-refractivity contribution in [1.82, 2.24) is 4.90 Å². The van der Waals surface area contributed by atoms with Crippen LogP contribution in [0, 0.1) is 0 Å². The van der Waals surface area contributed by atoms with E-state index in [1.54, 1.807) is 0 Å². The lowest BCUT2D eigenvalue weighted by Crippen LogP contribution is -2.34. The first kappa shape index (κ1) is 14.5. The van der Waals surface area contributed by atoms with Crippen LogP contribution in [-0.2, 0) is 4.79 Å². The summed E-state index contributed by atoms with van der Waals surface area (Å²) in [4.78, 5) is 14.1. The Morgan fingerprint density at radius 1 is 1.53 bits per heavy atom. The van der Waals surface area contributed by atoms with Crippen LogP contribution in [-0.4, -0.2) is 41.7 Å². The summed E-state index contributed by atoms with van der Waals surface area (Å²) >= 11 is 3.37. The number of hydrogen-bond donors (Lipinski definition) is 2. The first-order valence-electron chi connectivity index (χ1n) is 6.59. The standard InChI is InChI=1S/C14H19BrN2O2/c15-11-3-1-4-12(9-11)16-14(19)6-8-17-7-2-5-13(17)10-18/h1,3-4,9,13,18H,2,5-8,10H2,(H,16,19)/t13-/m0/s1. The maximum atomic E-state index is 11.9. The van der Waals surface area contributed by atoms with Crippen LogP contribution in [0.15, 0.2) is 28.7 Å². The maximum Gasteiger partial charge on any atom is 0.225 e.